The third-order valence-electron chi connectivity index (χ3n) is 2.08. The van der Waals surface area contributed by atoms with Gasteiger partial charge in [-0.1, -0.05) is 11.8 Å². The number of carbonyl (C=O) groups excluding carboxylic acids is 1. The molecule has 0 saturated heterocycles. The van der Waals surface area contributed by atoms with Gasteiger partial charge >= 0.3 is 0 Å². The zero-order valence-corrected chi connectivity index (χ0v) is 10.3. The molecule has 1 rings (SSSR count). The van der Waals surface area contributed by atoms with Gasteiger partial charge in [-0.15, -0.1) is 0 Å². The van der Waals surface area contributed by atoms with Gasteiger partial charge in [0.25, 0.3) is 0 Å². The molecule has 6 heteroatoms. The van der Waals surface area contributed by atoms with Crippen molar-refractivity contribution in [3.8, 4) is 12.1 Å². The number of Topliss-reactive ketones (excluding diaryl/α,β-unsaturated/α-hetero) is 1. The van der Waals surface area contributed by atoms with Gasteiger partial charge in [0.1, 0.15) is 28.8 Å². The number of aromatic nitrogens is 1. The molecule has 1 aromatic heterocycles. The summed E-state index contributed by atoms with van der Waals surface area (Å²) < 4.78 is 0. The summed E-state index contributed by atoms with van der Waals surface area (Å²) in [7, 11) is 0. The molecule has 5 nitrogen and oxygen atoms in total. The summed E-state index contributed by atoms with van der Waals surface area (Å²) in [5.41, 5.74) is 6.65. The molecule has 0 amide bonds. The first kappa shape index (κ1) is 13.0. The van der Waals surface area contributed by atoms with Crippen LogP contribution in [0.1, 0.15) is 23.6 Å². The molecule has 0 atom stereocenters. The maximum Gasteiger partial charge on any atom is 0.143 e. The summed E-state index contributed by atoms with van der Waals surface area (Å²) in [5, 5.41) is 18.3. The summed E-state index contributed by atoms with van der Waals surface area (Å²) in [5.74, 6) is 0.309. The molecule has 0 saturated carbocycles. The first-order valence-corrected chi connectivity index (χ1v) is 5.72. The predicted molar refractivity (Wildman–Crippen MR) is 64.2 cm³/mol. The van der Waals surface area contributed by atoms with E-state index < -0.39 is 0 Å². The normalized spacial score (nSPS) is 9.41. The molecular formula is C11H10N4OS. The van der Waals surface area contributed by atoms with Crippen molar-refractivity contribution in [2.75, 3.05) is 11.5 Å². The molecule has 0 aliphatic carbocycles. The summed E-state index contributed by atoms with van der Waals surface area (Å²) >= 11 is 1.15. The van der Waals surface area contributed by atoms with Crippen LogP contribution in [0.15, 0.2) is 5.03 Å². The van der Waals surface area contributed by atoms with Crippen LogP contribution in [0.4, 0.5) is 5.82 Å². The molecule has 17 heavy (non-hydrogen) atoms. The summed E-state index contributed by atoms with van der Waals surface area (Å²) in [6.45, 7) is 3.10. The van der Waals surface area contributed by atoms with E-state index in [0.29, 0.717) is 16.2 Å². The third-order valence-corrected chi connectivity index (χ3v) is 3.20. The first-order chi connectivity index (χ1) is 8.01. The Hall–Kier alpha value is -2.05. The maximum atomic E-state index is 10.9. The number of anilines is 1. The van der Waals surface area contributed by atoms with E-state index in [1.165, 1.54) is 6.92 Å². The van der Waals surface area contributed by atoms with Crippen molar-refractivity contribution in [2.24, 2.45) is 0 Å². The van der Waals surface area contributed by atoms with Gasteiger partial charge in [0.2, 0.25) is 0 Å². The van der Waals surface area contributed by atoms with Crippen molar-refractivity contribution >= 4 is 23.4 Å². The Morgan fingerprint density at radius 3 is 2.47 bits per heavy atom. The fourth-order valence-electron chi connectivity index (χ4n) is 1.25. The molecule has 0 aliphatic rings. The van der Waals surface area contributed by atoms with Crippen LogP contribution in [0.3, 0.4) is 0 Å². The molecule has 1 aromatic rings. The molecule has 0 aliphatic heterocycles. The van der Waals surface area contributed by atoms with Gasteiger partial charge in [0, 0.05) is 0 Å². The van der Waals surface area contributed by atoms with E-state index in [4.69, 9.17) is 16.3 Å². The Kier molecular flexibility index (Phi) is 4.08. The Morgan fingerprint density at radius 1 is 1.41 bits per heavy atom. The van der Waals surface area contributed by atoms with E-state index in [-0.39, 0.29) is 22.9 Å². The van der Waals surface area contributed by atoms with E-state index in [1.54, 1.807) is 6.92 Å². The zero-order chi connectivity index (χ0) is 13.0. The lowest BCUT2D eigenvalue weighted by molar-refractivity contribution is -0.114. The number of pyridine rings is 1. The average molecular weight is 246 g/mol. The number of ketones is 1. The highest BCUT2D eigenvalue weighted by atomic mass is 32.2. The van der Waals surface area contributed by atoms with E-state index in [1.807, 2.05) is 12.1 Å². The summed E-state index contributed by atoms with van der Waals surface area (Å²) in [6, 6.07) is 3.90. The number of hydrogen-bond acceptors (Lipinski definition) is 6. The van der Waals surface area contributed by atoms with Crippen molar-refractivity contribution in [3.05, 3.63) is 16.7 Å². The number of carbonyl (C=O) groups is 1. The second-order valence-electron chi connectivity index (χ2n) is 3.39. The van der Waals surface area contributed by atoms with Crippen molar-refractivity contribution in [1.29, 1.82) is 10.5 Å². The second-order valence-corrected chi connectivity index (χ2v) is 4.36. The highest BCUT2D eigenvalue weighted by molar-refractivity contribution is 8.00. The molecule has 0 fully saturated rings. The van der Waals surface area contributed by atoms with E-state index >= 15 is 0 Å². The minimum atomic E-state index is -0.0127. The summed E-state index contributed by atoms with van der Waals surface area (Å²) in [4.78, 5) is 14.9. The molecule has 0 spiro atoms. The zero-order valence-electron chi connectivity index (χ0n) is 9.44. The summed E-state index contributed by atoms with van der Waals surface area (Å²) in [6.07, 6.45) is 0. The van der Waals surface area contributed by atoms with Gasteiger partial charge in [-0.05, 0) is 19.4 Å². The molecule has 0 aromatic carbocycles. The maximum absolute atomic E-state index is 10.9. The molecule has 86 valence electrons. The van der Waals surface area contributed by atoms with Crippen LogP contribution >= 0.6 is 11.8 Å². The molecule has 0 bridgehead atoms. The van der Waals surface area contributed by atoms with Gasteiger partial charge in [-0.25, -0.2) is 4.98 Å². The van der Waals surface area contributed by atoms with E-state index in [9.17, 15) is 4.79 Å². The van der Waals surface area contributed by atoms with Gasteiger partial charge in [0.05, 0.1) is 16.9 Å². The average Bonchev–Trinajstić information content (AvgIpc) is 2.26. The molecule has 0 unspecified atom stereocenters. The Balaban J connectivity index is 3.29. The van der Waals surface area contributed by atoms with Crippen LogP contribution in [0, 0.1) is 29.6 Å². The lowest BCUT2D eigenvalue weighted by atomic mass is 10.1. The van der Waals surface area contributed by atoms with Crippen molar-refractivity contribution in [3.63, 3.8) is 0 Å². The lowest BCUT2D eigenvalue weighted by Gasteiger charge is -2.08. The molecule has 0 radical (unpaired) electrons. The van der Waals surface area contributed by atoms with Crippen LogP contribution in [0.2, 0.25) is 0 Å². The SMILES string of the molecule is CC(=O)CSc1nc(N)c(C#N)c(C)c1C#N. The van der Waals surface area contributed by atoms with Crippen LogP contribution in [0.25, 0.3) is 0 Å². The quantitative estimate of drug-likeness (QED) is 0.808. The topological polar surface area (TPSA) is 104 Å². The molecular weight excluding hydrogens is 236 g/mol. The number of nitrogens with zero attached hydrogens (tertiary/aromatic N) is 3. The van der Waals surface area contributed by atoms with E-state index in [2.05, 4.69) is 4.98 Å². The molecule has 2 N–H and O–H groups in total. The fraction of sp³-hybridized carbons (Fsp3) is 0.273. The largest absolute Gasteiger partial charge is 0.383 e. The van der Waals surface area contributed by atoms with Crippen molar-refractivity contribution in [1.82, 2.24) is 4.98 Å². The fourth-order valence-corrected chi connectivity index (χ4v) is 2.09. The van der Waals surface area contributed by atoms with Crippen LogP contribution in [-0.2, 0) is 4.79 Å². The Bertz CT molecular complexity index is 554. The van der Waals surface area contributed by atoms with Crippen LogP contribution in [0.5, 0.6) is 0 Å². The van der Waals surface area contributed by atoms with Gasteiger partial charge in [0.15, 0.2) is 0 Å². The van der Waals surface area contributed by atoms with Crippen molar-refractivity contribution < 1.29 is 4.79 Å². The first-order valence-electron chi connectivity index (χ1n) is 4.73. The van der Waals surface area contributed by atoms with E-state index in [0.717, 1.165) is 11.8 Å². The minimum Gasteiger partial charge on any atom is -0.383 e. The number of thioether (sulfide) groups is 1. The van der Waals surface area contributed by atoms with Crippen LogP contribution in [-0.4, -0.2) is 16.5 Å². The minimum absolute atomic E-state index is 0.0127. The van der Waals surface area contributed by atoms with Gasteiger partial charge in [-0.2, -0.15) is 10.5 Å². The Labute approximate surface area is 103 Å². The predicted octanol–water partition coefficient (Wildman–Crippen LogP) is 1.40. The highest BCUT2D eigenvalue weighted by Crippen LogP contribution is 2.27. The third kappa shape index (κ3) is 2.74. The standard InChI is InChI=1S/C11H10N4OS/c1-6(16)5-17-11-9(4-13)7(2)8(3-12)10(14)15-11/h5H2,1-2H3,(H2,14,15). The smallest absolute Gasteiger partial charge is 0.143 e. The van der Waals surface area contributed by atoms with Crippen molar-refractivity contribution in [2.45, 2.75) is 18.9 Å². The number of nitriles is 2. The Morgan fingerprint density at radius 2 is 2.00 bits per heavy atom. The van der Waals surface area contributed by atoms with Crippen LogP contribution < -0.4 is 5.73 Å². The van der Waals surface area contributed by atoms with Gasteiger partial charge < -0.3 is 5.73 Å². The lowest BCUT2D eigenvalue weighted by Crippen LogP contribution is -2.04. The molecule has 1 heterocycles. The number of nitrogens with two attached hydrogens (primary N) is 1. The second kappa shape index (κ2) is 5.33. The number of rotatable bonds is 3. The monoisotopic (exact) mass is 246 g/mol. The number of hydrogen-bond donors (Lipinski definition) is 1. The number of nitrogen functional groups attached to an aromatic ring is 1. The van der Waals surface area contributed by atoms with Gasteiger partial charge in [-0.3, -0.25) is 4.79 Å². The highest BCUT2D eigenvalue weighted by Gasteiger charge is 2.15.